The molecule has 0 saturated carbocycles. The van der Waals surface area contributed by atoms with Gasteiger partial charge in [-0.25, -0.2) is 8.42 Å². The molecule has 2 heterocycles. The normalized spacial score (nSPS) is 37.7. The van der Waals surface area contributed by atoms with Crippen LogP contribution in [-0.2, 0) is 9.84 Å². The highest BCUT2D eigenvalue weighted by atomic mass is 32.2. The van der Waals surface area contributed by atoms with Crippen LogP contribution in [0.15, 0.2) is 0 Å². The van der Waals surface area contributed by atoms with Crippen molar-refractivity contribution in [2.45, 2.75) is 18.6 Å². The summed E-state index contributed by atoms with van der Waals surface area (Å²) in [5.41, 5.74) is 0. The molecule has 0 aromatic rings. The molecule has 0 amide bonds. The summed E-state index contributed by atoms with van der Waals surface area (Å²) in [5, 5.41) is 9.74. The summed E-state index contributed by atoms with van der Waals surface area (Å²) in [6.45, 7) is 1.83. The largest absolute Gasteiger partial charge is 0.390 e. The van der Waals surface area contributed by atoms with Gasteiger partial charge in [0.05, 0.1) is 23.7 Å². The molecule has 0 aromatic carbocycles. The predicted molar refractivity (Wildman–Crippen MR) is 62.0 cm³/mol. The SMILES string of the molecule is O=S1(=O)CC(O)C(N2CCCSCC2)C1. The zero-order chi connectivity index (χ0) is 10.9. The summed E-state index contributed by atoms with van der Waals surface area (Å²) in [5.74, 6) is 2.27. The number of sulfone groups is 1. The van der Waals surface area contributed by atoms with Gasteiger partial charge >= 0.3 is 0 Å². The van der Waals surface area contributed by atoms with Crippen molar-refractivity contribution < 1.29 is 13.5 Å². The van der Waals surface area contributed by atoms with Crippen molar-refractivity contribution in [1.29, 1.82) is 0 Å². The van der Waals surface area contributed by atoms with Crippen LogP contribution >= 0.6 is 11.8 Å². The van der Waals surface area contributed by atoms with E-state index in [2.05, 4.69) is 4.90 Å². The molecule has 15 heavy (non-hydrogen) atoms. The van der Waals surface area contributed by atoms with Gasteiger partial charge in [-0.05, 0) is 18.7 Å². The fourth-order valence-electron chi connectivity index (χ4n) is 2.26. The Morgan fingerprint density at radius 1 is 1.20 bits per heavy atom. The molecule has 2 aliphatic rings. The van der Waals surface area contributed by atoms with Crippen LogP contribution in [0.2, 0.25) is 0 Å². The lowest BCUT2D eigenvalue weighted by atomic mass is 10.2. The monoisotopic (exact) mass is 251 g/mol. The Bertz CT molecular complexity index is 309. The van der Waals surface area contributed by atoms with Crippen LogP contribution in [0.3, 0.4) is 0 Å². The number of hydrogen-bond donors (Lipinski definition) is 1. The third kappa shape index (κ3) is 2.87. The molecule has 2 atom stereocenters. The van der Waals surface area contributed by atoms with Gasteiger partial charge in [0.1, 0.15) is 0 Å². The summed E-state index contributed by atoms with van der Waals surface area (Å²) in [7, 11) is -3.00. The molecule has 2 rings (SSSR count). The number of aliphatic hydroxyl groups is 1. The Balaban J connectivity index is 2.03. The van der Waals surface area contributed by atoms with Crippen LogP contribution in [0.5, 0.6) is 0 Å². The van der Waals surface area contributed by atoms with Gasteiger partial charge in [-0.15, -0.1) is 0 Å². The van der Waals surface area contributed by atoms with Crippen molar-refractivity contribution in [1.82, 2.24) is 4.90 Å². The molecule has 2 aliphatic heterocycles. The Hall–Kier alpha value is 0.220. The maximum absolute atomic E-state index is 11.4. The van der Waals surface area contributed by atoms with Crippen LogP contribution in [0.25, 0.3) is 0 Å². The van der Waals surface area contributed by atoms with Crippen molar-refractivity contribution in [2.24, 2.45) is 0 Å². The fourth-order valence-corrected chi connectivity index (χ4v) is 4.99. The van der Waals surface area contributed by atoms with Gasteiger partial charge in [0, 0.05) is 12.3 Å². The van der Waals surface area contributed by atoms with E-state index in [1.54, 1.807) is 0 Å². The second-order valence-electron chi connectivity index (χ2n) is 4.21. The highest BCUT2D eigenvalue weighted by molar-refractivity contribution is 7.99. The van der Waals surface area contributed by atoms with E-state index in [1.165, 1.54) is 0 Å². The fraction of sp³-hybridized carbons (Fsp3) is 1.00. The summed E-state index contributed by atoms with van der Waals surface area (Å²) < 4.78 is 22.8. The Kier molecular flexibility index (Phi) is 3.59. The lowest BCUT2D eigenvalue weighted by molar-refractivity contribution is 0.0883. The molecular weight excluding hydrogens is 234 g/mol. The van der Waals surface area contributed by atoms with Crippen LogP contribution in [0, 0.1) is 0 Å². The molecular formula is C9H17NO3S2. The predicted octanol–water partition coefficient (Wildman–Crippen LogP) is -0.417. The molecule has 0 bridgehead atoms. The molecule has 2 saturated heterocycles. The van der Waals surface area contributed by atoms with Crippen molar-refractivity contribution >= 4 is 21.6 Å². The summed E-state index contributed by atoms with van der Waals surface area (Å²) in [6.07, 6.45) is 0.409. The number of rotatable bonds is 1. The van der Waals surface area contributed by atoms with E-state index in [4.69, 9.17) is 0 Å². The van der Waals surface area contributed by atoms with Gasteiger partial charge in [0.25, 0.3) is 0 Å². The number of nitrogens with zero attached hydrogens (tertiary/aromatic N) is 1. The van der Waals surface area contributed by atoms with Crippen molar-refractivity contribution in [3.63, 3.8) is 0 Å². The topological polar surface area (TPSA) is 57.6 Å². The third-order valence-electron chi connectivity index (χ3n) is 3.02. The van der Waals surface area contributed by atoms with Crippen molar-refractivity contribution in [3.8, 4) is 0 Å². The van der Waals surface area contributed by atoms with Gasteiger partial charge in [0.2, 0.25) is 0 Å². The van der Waals surface area contributed by atoms with Gasteiger partial charge in [0.15, 0.2) is 9.84 Å². The number of aliphatic hydroxyl groups excluding tert-OH is 1. The van der Waals surface area contributed by atoms with Crippen LogP contribution in [0.1, 0.15) is 6.42 Å². The third-order valence-corrected chi connectivity index (χ3v) is 5.77. The lowest BCUT2D eigenvalue weighted by Gasteiger charge is -2.28. The first-order chi connectivity index (χ1) is 7.08. The van der Waals surface area contributed by atoms with Gasteiger partial charge < -0.3 is 5.11 Å². The van der Waals surface area contributed by atoms with Crippen LogP contribution in [-0.4, -0.2) is 66.7 Å². The quantitative estimate of drug-likeness (QED) is 0.686. The maximum Gasteiger partial charge on any atom is 0.154 e. The molecule has 0 radical (unpaired) electrons. The lowest BCUT2D eigenvalue weighted by Crippen LogP contribution is -2.44. The van der Waals surface area contributed by atoms with E-state index in [9.17, 15) is 13.5 Å². The summed E-state index contributed by atoms with van der Waals surface area (Å²) in [6, 6.07) is -0.159. The van der Waals surface area contributed by atoms with Crippen LogP contribution in [0.4, 0.5) is 0 Å². The second-order valence-corrected chi connectivity index (χ2v) is 7.59. The van der Waals surface area contributed by atoms with Gasteiger partial charge in [-0.2, -0.15) is 11.8 Å². The average molecular weight is 251 g/mol. The molecule has 4 nitrogen and oxygen atoms in total. The zero-order valence-corrected chi connectivity index (χ0v) is 10.3. The Morgan fingerprint density at radius 2 is 2.00 bits per heavy atom. The first-order valence-corrected chi connectivity index (χ1v) is 8.26. The molecule has 2 unspecified atom stereocenters. The first kappa shape index (κ1) is 11.7. The number of hydrogen-bond acceptors (Lipinski definition) is 5. The van der Waals surface area contributed by atoms with Gasteiger partial charge in [-0.3, -0.25) is 4.90 Å². The first-order valence-electron chi connectivity index (χ1n) is 5.29. The highest BCUT2D eigenvalue weighted by Gasteiger charge is 2.39. The van der Waals surface area contributed by atoms with E-state index >= 15 is 0 Å². The van der Waals surface area contributed by atoms with Gasteiger partial charge in [-0.1, -0.05) is 0 Å². The standard InChI is InChI=1S/C9H17NO3S2/c11-9-7-15(12,13)6-8(9)10-2-1-4-14-5-3-10/h8-9,11H,1-7H2. The van der Waals surface area contributed by atoms with E-state index in [0.29, 0.717) is 0 Å². The minimum absolute atomic E-state index is 0.0543. The van der Waals surface area contributed by atoms with Crippen molar-refractivity contribution in [3.05, 3.63) is 0 Å². The van der Waals surface area contributed by atoms with Crippen molar-refractivity contribution in [2.75, 3.05) is 36.1 Å². The second kappa shape index (κ2) is 4.61. The minimum atomic E-state index is -3.00. The number of thioether (sulfide) groups is 1. The maximum atomic E-state index is 11.4. The van der Waals surface area contributed by atoms with E-state index in [-0.39, 0.29) is 17.5 Å². The molecule has 88 valence electrons. The molecule has 0 aliphatic carbocycles. The molecule has 2 fully saturated rings. The van der Waals surface area contributed by atoms with E-state index < -0.39 is 15.9 Å². The van der Waals surface area contributed by atoms with E-state index in [1.807, 2.05) is 11.8 Å². The summed E-state index contributed by atoms with van der Waals surface area (Å²) >= 11 is 1.91. The van der Waals surface area contributed by atoms with Crippen LogP contribution < -0.4 is 0 Å². The average Bonchev–Trinajstić information content (AvgIpc) is 2.41. The van der Waals surface area contributed by atoms with E-state index in [0.717, 1.165) is 31.0 Å². The molecule has 0 aromatic heterocycles. The molecule has 1 N–H and O–H groups in total. The molecule has 0 spiro atoms. The smallest absolute Gasteiger partial charge is 0.154 e. The molecule has 6 heteroatoms. The zero-order valence-electron chi connectivity index (χ0n) is 8.63. The Labute approximate surface area is 94.9 Å². The highest BCUT2D eigenvalue weighted by Crippen LogP contribution is 2.21. The Morgan fingerprint density at radius 3 is 2.67 bits per heavy atom. The summed E-state index contributed by atoms with van der Waals surface area (Å²) in [4.78, 5) is 2.15. The minimum Gasteiger partial charge on any atom is -0.390 e.